The van der Waals surface area contributed by atoms with Crippen molar-refractivity contribution in [2.75, 3.05) is 6.61 Å². The molecule has 0 unspecified atom stereocenters. The van der Waals surface area contributed by atoms with Crippen molar-refractivity contribution in [3.63, 3.8) is 0 Å². The first-order valence-corrected chi connectivity index (χ1v) is 6.69. The third-order valence-electron chi connectivity index (χ3n) is 3.86. The Kier molecular flexibility index (Phi) is 6.64. The van der Waals surface area contributed by atoms with E-state index in [1.807, 2.05) is 0 Å². The van der Waals surface area contributed by atoms with Gasteiger partial charge in [0, 0.05) is 25.1 Å². The third-order valence-corrected chi connectivity index (χ3v) is 3.86. The van der Waals surface area contributed by atoms with E-state index in [-0.39, 0.29) is 25.6 Å². The molecule has 0 amide bonds. The molecule has 1 aromatic rings. The van der Waals surface area contributed by atoms with E-state index in [1.165, 1.54) is 6.07 Å². The quantitative estimate of drug-likeness (QED) is 0.666. The van der Waals surface area contributed by atoms with Crippen molar-refractivity contribution >= 4 is 12.4 Å². The molecule has 1 aliphatic carbocycles. The van der Waals surface area contributed by atoms with Gasteiger partial charge in [-0.05, 0) is 18.1 Å². The van der Waals surface area contributed by atoms with E-state index in [0.29, 0.717) is 12.0 Å². The van der Waals surface area contributed by atoms with Crippen molar-refractivity contribution in [1.29, 1.82) is 0 Å². The number of aliphatic hydroxyl groups is 3. The summed E-state index contributed by atoms with van der Waals surface area (Å²) in [5.41, 5.74) is -0.277. The molecule has 0 saturated heterocycles. The summed E-state index contributed by atoms with van der Waals surface area (Å²) in [6.45, 7) is -0.0868. The maximum atomic E-state index is 12.6. The van der Waals surface area contributed by atoms with Crippen LogP contribution in [0.5, 0.6) is 0 Å². The van der Waals surface area contributed by atoms with Crippen LogP contribution in [0, 0.1) is 5.92 Å². The highest BCUT2D eigenvalue weighted by Gasteiger charge is 2.40. The molecular weight excluding hydrogens is 323 g/mol. The molecular formula is C14H19ClF3NO3. The van der Waals surface area contributed by atoms with Crippen LogP contribution in [0.1, 0.15) is 17.5 Å². The predicted octanol–water partition coefficient (Wildman–Crippen LogP) is 1.32. The molecule has 0 aromatic heterocycles. The smallest absolute Gasteiger partial charge is 0.396 e. The van der Waals surface area contributed by atoms with Crippen LogP contribution in [0.4, 0.5) is 13.2 Å². The van der Waals surface area contributed by atoms with Gasteiger partial charge in [0.25, 0.3) is 0 Å². The average molecular weight is 342 g/mol. The van der Waals surface area contributed by atoms with E-state index >= 15 is 0 Å². The Morgan fingerprint density at radius 3 is 2.41 bits per heavy atom. The summed E-state index contributed by atoms with van der Waals surface area (Å²) in [5.74, 6) is -0.418. The molecule has 4 N–H and O–H groups in total. The van der Waals surface area contributed by atoms with Gasteiger partial charge in [-0.15, -0.1) is 12.4 Å². The van der Waals surface area contributed by atoms with Crippen LogP contribution in [0.15, 0.2) is 24.3 Å². The molecule has 126 valence electrons. The highest BCUT2D eigenvalue weighted by atomic mass is 35.5. The highest BCUT2D eigenvalue weighted by molar-refractivity contribution is 5.85. The van der Waals surface area contributed by atoms with Gasteiger partial charge in [-0.1, -0.05) is 18.2 Å². The molecule has 0 bridgehead atoms. The fourth-order valence-electron chi connectivity index (χ4n) is 2.62. The van der Waals surface area contributed by atoms with Crippen LogP contribution in [-0.2, 0) is 12.7 Å². The normalized spacial score (nSPS) is 28.5. The van der Waals surface area contributed by atoms with Gasteiger partial charge in [0.2, 0.25) is 0 Å². The lowest BCUT2D eigenvalue weighted by Crippen LogP contribution is -2.39. The molecule has 2 rings (SSSR count). The lowest BCUT2D eigenvalue weighted by atomic mass is 10.1. The molecule has 0 heterocycles. The Hall–Kier alpha value is -0.860. The number of rotatable bonds is 4. The second-order valence-electron chi connectivity index (χ2n) is 5.35. The summed E-state index contributed by atoms with van der Waals surface area (Å²) in [7, 11) is 0. The summed E-state index contributed by atoms with van der Waals surface area (Å²) in [5, 5.41) is 31.5. The molecule has 4 nitrogen and oxygen atoms in total. The monoisotopic (exact) mass is 341 g/mol. The molecule has 4 atom stereocenters. The van der Waals surface area contributed by atoms with Gasteiger partial charge in [0.15, 0.2) is 0 Å². The summed E-state index contributed by atoms with van der Waals surface area (Å²) < 4.78 is 37.8. The molecule has 1 fully saturated rings. The minimum absolute atomic E-state index is 0. The number of aliphatic hydroxyl groups excluding tert-OH is 3. The highest BCUT2D eigenvalue weighted by Crippen LogP contribution is 2.30. The Labute approximate surface area is 132 Å². The van der Waals surface area contributed by atoms with Gasteiger partial charge in [0.1, 0.15) is 0 Å². The summed E-state index contributed by atoms with van der Waals surface area (Å²) in [4.78, 5) is 0. The zero-order chi connectivity index (χ0) is 15.6. The fraction of sp³-hybridized carbons (Fsp3) is 0.571. The number of alkyl halides is 3. The summed E-state index contributed by atoms with van der Waals surface area (Å²) in [6, 6.07) is 4.49. The van der Waals surface area contributed by atoms with Crippen LogP contribution in [-0.4, -0.2) is 40.2 Å². The fourth-order valence-corrected chi connectivity index (χ4v) is 2.62. The molecule has 0 spiro atoms. The Balaban J connectivity index is 0.00000242. The molecule has 1 aromatic carbocycles. The van der Waals surface area contributed by atoms with Crippen LogP contribution >= 0.6 is 12.4 Å². The van der Waals surface area contributed by atoms with E-state index in [1.54, 1.807) is 6.07 Å². The number of nitrogens with one attached hydrogen (secondary N) is 1. The maximum Gasteiger partial charge on any atom is 0.416 e. The number of benzene rings is 1. The Morgan fingerprint density at radius 1 is 1.18 bits per heavy atom. The van der Waals surface area contributed by atoms with Crippen molar-refractivity contribution in [2.24, 2.45) is 5.92 Å². The summed E-state index contributed by atoms with van der Waals surface area (Å²) in [6.07, 6.45) is -6.07. The maximum absolute atomic E-state index is 12.6. The first-order chi connectivity index (χ1) is 9.82. The van der Waals surface area contributed by atoms with Crippen molar-refractivity contribution in [2.45, 2.75) is 37.4 Å². The van der Waals surface area contributed by atoms with Gasteiger partial charge >= 0.3 is 6.18 Å². The largest absolute Gasteiger partial charge is 0.416 e. The molecule has 0 radical (unpaired) electrons. The van der Waals surface area contributed by atoms with Gasteiger partial charge in [0.05, 0.1) is 17.8 Å². The van der Waals surface area contributed by atoms with Gasteiger partial charge in [-0.3, -0.25) is 0 Å². The zero-order valence-electron chi connectivity index (χ0n) is 11.6. The minimum atomic E-state index is -4.39. The second kappa shape index (κ2) is 7.61. The van der Waals surface area contributed by atoms with Crippen LogP contribution in [0.3, 0.4) is 0 Å². The van der Waals surface area contributed by atoms with E-state index in [2.05, 4.69) is 5.32 Å². The molecule has 1 saturated carbocycles. The lowest BCUT2D eigenvalue weighted by molar-refractivity contribution is -0.137. The van der Waals surface area contributed by atoms with Gasteiger partial charge < -0.3 is 20.6 Å². The summed E-state index contributed by atoms with van der Waals surface area (Å²) >= 11 is 0. The van der Waals surface area contributed by atoms with E-state index < -0.39 is 35.9 Å². The first-order valence-electron chi connectivity index (χ1n) is 6.69. The lowest BCUT2D eigenvalue weighted by Gasteiger charge is -2.18. The van der Waals surface area contributed by atoms with Crippen molar-refractivity contribution in [3.05, 3.63) is 35.4 Å². The number of hydrogen-bond donors (Lipinski definition) is 4. The Morgan fingerprint density at radius 2 is 1.86 bits per heavy atom. The van der Waals surface area contributed by atoms with Gasteiger partial charge in [-0.2, -0.15) is 13.2 Å². The third kappa shape index (κ3) is 4.33. The van der Waals surface area contributed by atoms with Crippen molar-refractivity contribution < 1.29 is 28.5 Å². The van der Waals surface area contributed by atoms with Crippen molar-refractivity contribution in [3.8, 4) is 0 Å². The Bertz CT molecular complexity index is 487. The molecule has 1 aliphatic rings. The molecule has 22 heavy (non-hydrogen) atoms. The number of hydrogen-bond acceptors (Lipinski definition) is 4. The second-order valence-corrected chi connectivity index (χ2v) is 5.35. The SMILES string of the molecule is Cl.OC[C@H]1C[C@@H](NCc2cccc(C(F)(F)F)c2)[C@H](O)[C@@H]1O. The molecule has 0 aliphatic heterocycles. The first kappa shape index (κ1) is 19.2. The van der Waals surface area contributed by atoms with Crippen LogP contribution in [0.2, 0.25) is 0 Å². The molecule has 8 heteroatoms. The predicted molar refractivity (Wildman–Crippen MR) is 76.5 cm³/mol. The van der Waals surface area contributed by atoms with Crippen molar-refractivity contribution in [1.82, 2.24) is 5.32 Å². The minimum Gasteiger partial charge on any atom is -0.396 e. The average Bonchev–Trinajstić information content (AvgIpc) is 2.72. The van der Waals surface area contributed by atoms with E-state index in [0.717, 1.165) is 12.1 Å². The zero-order valence-corrected chi connectivity index (χ0v) is 12.4. The standard InChI is InChI=1S/C14H18F3NO3.ClH/c15-14(16,17)10-3-1-2-8(4-10)6-18-11-5-9(7-19)12(20)13(11)21;/h1-4,9,11-13,18-21H,5-7H2;1H/t9-,11-,12-,13+;/m1./s1. The van der Waals surface area contributed by atoms with Crippen LogP contribution < -0.4 is 5.32 Å². The van der Waals surface area contributed by atoms with E-state index in [4.69, 9.17) is 5.11 Å². The van der Waals surface area contributed by atoms with E-state index in [9.17, 15) is 23.4 Å². The van der Waals surface area contributed by atoms with Crippen LogP contribution in [0.25, 0.3) is 0 Å². The number of halogens is 4. The topological polar surface area (TPSA) is 72.7 Å². The van der Waals surface area contributed by atoms with Gasteiger partial charge in [-0.25, -0.2) is 0 Å².